The molecule has 0 saturated carbocycles. The second-order valence-corrected chi connectivity index (χ2v) is 8.31. The van der Waals surface area contributed by atoms with Gasteiger partial charge in [-0.05, 0) is 44.0 Å². The first-order valence-corrected chi connectivity index (χ1v) is 10.5. The van der Waals surface area contributed by atoms with Crippen LogP contribution in [0.2, 0.25) is 0 Å². The molecule has 0 radical (unpaired) electrons. The van der Waals surface area contributed by atoms with Crippen molar-refractivity contribution in [3.05, 3.63) is 70.7 Å². The summed E-state index contributed by atoms with van der Waals surface area (Å²) in [5.41, 5.74) is 3.55. The fourth-order valence-electron chi connectivity index (χ4n) is 3.89. The molecule has 1 aliphatic carbocycles. The third-order valence-corrected chi connectivity index (χ3v) is 5.75. The molecule has 2 aromatic carbocycles. The summed E-state index contributed by atoms with van der Waals surface area (Å²) in [6, 6.07) is 12.8. The minimum atomic E-state index is -0.467. The van der Waals surface area contributed by atoms with Gasteiger partial charge in [0.2, 0.25) is 0 Å². The molecular formula is C26H27NO6. The molecule has 7 nitrogen and oxygen atoms in total. The zero-order valence-corrected chi connectivity index (χ0v) is 19.6. The Morgan fingerprint density at radius 3 is 2.27 bits per heavy atom. The van der Waals surface area contributed by atoms with Gasteiger partial charge < -0.3 is 28.7 Å². The minimum absolute atomic E-state index is 0.0923. The number of amides is 1. The maximum atomic E-state index is 12.9. The van der Waals surface area contributed by atoms with Crippen LogP contribution in [0.5, 0.6) is 23.2 Å². The third kappa shape index (κ3) is 4.14. The lowest BCUT2D eigenvalue weighted by Crippen LogP contribution is -2.20. The van der Waals surface area contributed by atoms with Gasteiger partial charge in [-0.25, -0.2) is 0 Å². The second kappa shape index (κ2) is 8.58. The normalized spacial score (nSPS) is 13.7. The molecular weight excluding hydrogens is 422 g/mol. The number of aryl methyl sites for hydroxylation is 1. The van der Waals surface area contributed by atoms with E-state index < -0.39 is 5.91 Å². The summed E-state index contributed by atoms with van der Waals surface area (Å²) in [4.78, 5) is 12.9. The van der Waals surface area contributed by atoms with E-state index >= 15 is 0 Å². The first-order chi connectivity index (χ1) is 15.8. The predicted octanol–water partition coefficient (Wildman–Crippen LogP) is 5.58. The first-order valence-electron chi connectivity index (χ1n) is 10.5. The zero-order chi connectivity index (χ0) is 23.8. The number of carbonyl (C=O) groups is 1. The number of benzene rings is 2. The van der Waals surface area contributed by atoms with Crippen LogP contribution < -0.4 is 24.3 Å². The van der Waals surface area contributed by atoms with Crippen molar-refractivity contribution in [3.8, 4) is 23.2 Å². The fraction of sp³-hybridized carbons (Fsp3) is 0.269. The number of nitrogens with one attached hydrogen (secondary N) is 1. The van der Waals surface area contributed by atoms with Gasteiger partial charge in [0.05, 0.1) is 21.3 Å². The van der Waals surface area contributed by atoms with E-state index in [9.17, 15) is 4.79 Å². The molecule has 33 heavy (non-hydrogen) atoms. The highest BCUT2D eigenvalue weighted by molar-refractivity contribution is 6.04. The van der Waals surface area contributed by atoms with Gasteiger partial charge in [-0.3, -0.25) is 4.79 Å². The Morgan fingerprint density at radius 1 is 0.939 bits per heavy atom. The number of methoxy groups -OCH3 is 3. The quantitative estimate of drug-likeness (QED) is 0.507. The fourth-order valence-corrected chi connectivity index (χ4v) is 3.89. The van der Waals surface area contributed by atoms with Crippen LogP contribution in [0.1, 0.15) is 41.1 Å². The molecule has 1 heterocycles. The van der Waals surface area contributed by atoms with Crippen LogP contribution in [-0.4, -0.2) is 27.2 Å². The molecule has 3 aromatic rings. The standard InChI is InChI=1S/C26H27NO6/c1-15-7-8-18-16(11-15)12-22(26(18,2)3)33-23-10-9-19(32-23)25(28)27-24-20(30-5)13-17(29-4)14-21(24)31-6/h7-14H,1-6H3,(H,27,28). The maximum absolute atomic E-state index is 12.9. The Balaban J connectivity index is 1.54. The smallest absolute Gasteiger partial charge is 0.291 e. The number of fused-ring (bicyclic) bond motifs is 1. The second-order valence-electron chi connectivity index (χ2n) is 8.31. The van der Waals surface area contributed by atoms with Crippen molar-refractivity contribution < 1.29 is 28.2 Å². The van der Waals surface area contributed by atoms with Crippen LogP contribution in [0, 0.1) is 6.92 Å². The summed E-state index contributed by atoms with van der Waals surface area (Å²) >= 11 is 0. The van der Waals surface area contributed by atoms with Crippen molar-refractivity contribution in [2.45, 2.75) is 26.2 Å². The molecule has 0 fully saturated rings. The van der Waals surface area contributed by atoms with E-state index in [-0.39, 0.29) is 17.1 Å². The maximum Gasteiger partial charge on any atom is 0.291 e. The van der Waals surface area contributed by atoms with Gasteiger partial charge in [0.25, 0.3) is 11.9 Å². The molecule has 1 aromatic heterocycles. The molecule has 172 valence electrons. The SMILES string of the molecule is COc1cc(OC)c(NC(=O)c2ccc(OC3=Cc4cc(C)ccc4C3(C)C)o2)c(OC)c1. The lowest BCUT2D eigenvalue weighted by Gasteiger charge is -2.23. The zero-order valence-electron chi connectivity index (χ0n) is 19.6. The van der Waals surface area contributed by atoms with Crippen LogP contribution >= 0.6 is 0 Å². The highest BCUT2D eigenvalue weighted by Gasteiger charge is 2.35. The minimum Gasteiger partial charge on any atom is -0.496 e. The summed E-state index contributed by atoms with van der Waals surface area (Å²) in [5, 5.41) is 2.78. The summed E-state index contributed by atoms with van der Waals surface area (Å²) < 4.78 is 27.8. The number of ether oxygens (including phenoxy) is 4. The highest BCUT2D eigenvalue weighted by Crippen LogP contribution is 2.43. The van der Waals surface area contributed by atoms with Crippen molar-refractivity contribution in [1.82, 2.24) is 0 Å². The molecule has 0 saturated heterocycles. The summed E-state index contributed by atoms with van der Waals surface area (Å²) in [5.74, 6) is 1.95. The average Bonchev–Trinajstić information content (AvgIpc) is 3.36. The molecule has 4 rings (SSSR count). The number of furan rings is 1. The van der Waals surface area contributed by atoms with E-state index in [1.54, 1.807) is 24.3 Å². The topological polar surface area (TPSA) is 79.2 Å². The third-order valence-electron chi connectivity index (χ3n) is 5.75. The molecule has 0 atom stereocenters. The van der Waals surface area contributed by atoms with Crippen molar-refractivity contribution in [2.24, 2.45) is 0 Å². The molecule has 0 bridgehead atoms. The number of allylic oxidation sites excluding steroid dienone is 1. The Morgan fingerprint density at radius 2 is 1.64 bits per heavy atom. The molecule has 7 heteroatoms. The summed E-state index contributed by atoms with van der Waals surface area (Å²) in [6.07, 6.45) is 2.01. The summed E-state index contributed by atoms with van der Waals surface area (Å²) in [7, 11) is 4.54. The van der Waals surface area contributed by atoms with Crippen molar-refractivity contribution in [2.75, 3.05) is 26.6 Å². The van der Waals surface area contributed by atoms with Crippen molar-refractivity contribution >= 4 is 17.7 Å². The van der Waals surface area contributed by atoms with Gasteiger partial charge in [-0.2, -0.15) is 0 Å². The Hall–Kier alpha value is -3.87. The highest BCUT2D eigenvalue weighted by atomic mass is 16.6. The van der Waals surface area contributed by atoms with E-state index in [0.717, 1.165) is 11.3 Å². The number of anilines is 1. The molecule has 0 unspecified atom stereocenters. The van der Waals surface area contributed by atoms with Crippen LogP contribution in [0.25, 0.3) is 6.08 Å². The Bertz CT molecular complexity index is 1210. The van der Waals surface area contributed by atoms with Crippen LogP contribution in [0.15, 0.2) is 52.6 Å². The van der Waals surface area contributed by atoms with Crippen molar-refractivity contribution in [1.29, 1.82) is 0 Å². The van der Waals surface area contributed by atoms with Gasteiger partial charge >= 0.3 is 0 Å². The largest absolute Gasteiger partial charge is 0.496 e. The van der Waals surface area contributed by atoms with Gasteiger partial charge in [0, 0.05) is 23.6 Å². The van der Waals surface area contributed by atoms with E-state index in [1.165, 1.54) is 32.5 Å². The molecule has 0 aliphatic heterocycles. The first kappa shape index (κ1) is 22.3. The van der Waals surface area contributed by atoms with Crippen molar-refractivity contribution in [3.63, 3.8) is 0 Å². The van der Waals surface area contributed by atoms with Gasteiger partial charge in [-0.15, -0.1) is 0 Å². The lowest BCUT2D eigenvalue weighted by atomic mass is 9.85. The molecule has 1 N–H and O–H groups in total. The Labute approximate surface area is 192 Å². The van der Waals surface area contributed by atoms with Crippen LogP contribution in [-0.2, 0) is 5.41 Å². The van der Waals surface area contributed by atoms with E-state index in [1.807, 2.05) is 6.08 Å². The number of rotatable bonds is 7. The van der Waals surface area contributed by atoms with Crippen LogP contribution in [0.3, 0.4) is 0 Å². The monoisotopic (exact) mass is 449 g/mol. The molecule has 1 aliphatic rings. The number of carbonyl (C=O) groups excluding carboxylic acids is 1. The number of hydrogen-bond acceptors (Lipinski definition) is 6. The van der Waals surface area contributed by atoms with Gasteiger partial charge in [0.15, 0.2) is 5.76 Å². The average molecular weight is 450 g/mol. The van der Waals surface area contributed by atoms with E-state index in [0.29, 0.717) is 22.9 Å². The predicted molar refractivity (Wildman–Crippen MR) is 126 cm³/mol. The van der Waals surface area contributed by atoms with Gasteiger partial charge in [0.1, 0.15) is 28.7 Å². The molecule has 1 amide bonds. The van der Waals surface area contributed by atoms with E-state index in [2.05, 4.69) is 44.3 Å². The lowest BCUT2D eigenvalue weighted by molar-refractivity contribution is 0.0989. The van der Waals surface area contributed by atoms with Crippen LogP contribution in [0.4, 0.5) is 5.69 Å². The van der Waals surface area contributed by atoms with E-state index in [4.69, 9.17) is 23.4 Å². The Kier molecular flexibility index (Phi) is 5.80. The molecule has 0 spiro atoms. The number of hydrogen-bond donors (Lipinski definition) is 1. The summed E-state index contributed by atoms with van der Waals surface area (Å²) in [6.45, 7) is 6.25. The van der Waals surface area contributed by atoms with Gasteiger partial charge in [-0.1, -0.05) is 23.8 Å².